The average molecular weight is 447 g/mol. The molecule has 0 radical (unpaired) electrons. The van der Waals surface area contributed by atoms with Crippen LogP contribution in [0.3, 0.4) is 0 Å². The van der Waals surface area contributed by atoms with E-state index in [0.717, 1.165) is 25.7 Å². The molecule has 1 aliphatic heterocycles. The van der Waals surface area contributed by atoms with Crippen LogP contribution in [0.5, 0.6) is 0 Å². The van der Waals surface area contributed by atoms with Gasteiger partial charge >= 0.3 is 0 Å². The molecule has 0 bridgehead atoms. The van der Waals surface area contributed by atoms with Crippen molar-refractivity contribution in [2.45, 2.75) is 6.54 Å². The van der Waals surface area contributed by atoms with Gasteiger partial charge < -0.3 is 15.5 Å². The van der Waals surface area contributed by atoms with Crippen molar-refractivity contribution in [3.8, 4) is 0 Å². The molecule has 0 spiro atoms. The van der Waals surface area contributed by atoms with E-state index in [2.05, 4.69) is 27.7 Å². The number of carbonyl (C=O) groups excluding carboxylic acids is 3. The maximum atomic E-state index is 13.7. The van der Waals surface area contributed by atoms with E-state index in [1.807, 2.05) is 18.2 Å². The number of amides is 3. The van der Waals surface area contributed by atoms with E-state index in [1.54, 1.807) is 4.90 Å². The Hall–Kier alpha value is -2.97. The molecule has 1 aliphatic rings. The number of hydrogen-bond donors (Lipinski definition) is 2. The molecule has 1 fully saturated rings. The van der Waals surface area contributed by atoms with Crippen molar-refractivity contribution >= 4 is 29.3 Å². The molecule has 3 rings (SSSR count). The minimum Gasteiger partial charge on any atom is -0.345 e. The Balaban J connectivity index is 1.37. The van der Waals surface area contributed by atoms with Crippen molar-refractivity contribution < 1.29 is 18.8 Å². The van der Waals surface area contributed by atoms with E-state index < -0.39 is 17.6 Å². The molecule has 7 nitrogen and oxygen atoms in total. The molecular formula is C22H24ClFN4O3. The van der Waals surface area contributed by atoms with Crippen LogP contribution in [0.25, 0.3) is 0 Å². The SMILES string of the molecule is O=C(CNC(=O)c1c(F)cccc1Cl)NCC(=O)N1CCN(Cc2ccccc2)CC1. The van der Waals surface area contributed by atoms with E-state index in [4.69, 9.17) is 11.6 Å². The molecule has 9 heteroatoms. The maximum absolute atomic E-state index is 13.7. The number of nitrogens with zero attached hydrogens (tertiary/aromatic N) is 2. The van der Waals surface area contributed by atoms with Crippen LogP contribution in [0.2, 0.25) is 5.02 Å². The summed E-state index contributed by atoms with van der Waals surface area (Å²) in [5.41, 5.74) is 0.912. The van der Waals surface area contributed by atoms with Gasteiger partial charge in [-0.15, -0.1) is 0 Å². The predicted molar refractivity (Wildman–Crippen MR) is 115 cm³/mol. The normalized spacial score (nSPS) is 14.2. The number of hydrogen-bond acceptors (Lipinski definition) is 4. The van der Waals surface area contributed by atoms with Gasteiger partial charge in [0.25, 0.3) is 5.91 Å². The minimum absolute atomic E-state index is 0.0421. The molecule has 0 aliphatic carbocycles. The lowest BCUT2D eigenvalue weighted by Crippen LogP contribution is -2.51. The summed E-state index contributed by atoms with van der Waals surface area (Å²) in [6.45, 7) is 2.98. The van der Waals surface area contributed by atoms with Gasteiger partial charge in [-0.25, -0.2) is 4.39 Å². The molecule has 0 unspecified atom stereocenters. The maximum Gasteiger partial charge on any atom is 0.256 e. The molecular weight excluding hydrogens is 423 g/mol. The summed E-state index contributed by atoms with van der Waals surface area (Å²) >= 11 is 5.83. The second-order valence-corrected chi connectivity index (χ2v) is 7.61. The molecule has 1 heterocycles. The summed E-state index contributed by atoms with van der Waals surface area (Å²) in [6, 6.07) is 14.0. The van der Waals surface area contributed by atoms with E-state index >= 15 is 0 Å². The topological polar surface area (TPSA) is 81.8 Å². The lowest BCUT2D eigenvalue weighted by molar-refractivity contribution is -0.134. The first kappa shape index (κ1) is 22.7. The Morgan fingerprint density at radius 1 is 0.903 bits per heavy atom. The Bertz CT molecular complexity index is 913. The van der Waals surface area contributed by atoms with Gasteiger partial charge in [-0.05, 0) is 17.7 Å². The highest BCUT2D eigenvalue weighted by molar-refractivity contribution is 6.33. The third kappa shape index (κ3) is 6.50. The van der Waals surface area contributed by atoms with Crippen LogP contribution in [0.15, 0.2) is 48.5 Å². The Morgan fingerprint density at radius 2 is 1.61 bits per heavy atom. The minimum atomic E-state index is -0.792. The summed E-state index contributed by atoms with van der Waals surface area (Å²) in [7, 11) is 0. The van der Waals surface area contributed by atoms with Crippen molar-refractivity contribution in [1.29, 1.82) is 0 Å². The van der Waals surface area contributed by atoms with Gasteiger partial charge in [0.1, 0.15) is 5.82 Å². The van der Waals surface area contributed by atoms with Gasteiger partial charge in [-0.2, -0.15) is 0 Å². The Labute approximate surface area is 185 Å². The first-order valence-corrected chi connectivity index (χ1v) is 10.3. The predicted octanol–water partition coefficient (Wildman–Crippen LogP) is 1.67. The smallest absolute Gasteiger partial charge is 0.256 e. The summed E-state index contributed by atoms with van der Waals surface area (Å²) in [5.74, 6) is -2.29. The van der Waals surface area contributed by atoms with Crippen LogP contribution < -0.4 is 10.6 Å². The lowest BCUT2D eigenvalue weighted by Gasteiger charge is -2.34. The van der Waals surface area contributed by atoms with E-state index in [0.29, 0.717) is 13.1 Å². The van der Waals surface area contributed by atoms with Crippen molar-refractivity contribution in [2.75, 3.05) is 39.3 Å². The van der Waals surface area contributed by atoms with E-state index in [-0.39, 0.29) is 29.6 Å². The molecule has 0 saturated carbocycles. The monoisotopic (exact) mass is 446 g/mol. The lowest BCUT2D eigenvalue weighted by atomic mass is 10.2. The molecule has 2 aromatic carbocycles. The third-order valence-corrected chi connectivity index (χ3v) is 5.33. The first-order chi connectivity index (χ1) is 14.9. The third-order valence-electron chi connectivity index (χ3n) is 5.01. The molecule has 164 valence electrons. The molecule has 0 aromatic heterocycles. The largest absolute Gasteiger partial charge is 0.345 e. The highest BCUT2D eigenvalue weighted by Gasteiger charge is 2.22. The standard InChI is InChI=1S/C22H24ClFN4O3/c23-17-7-4-8-18(24)21(17)22(31)26-13-19(29)25-14-20(30)28-11-9-27(10-12-28)15-16-5-2-1-3-6-16/h1-8H,9-15H2,(H,25,29)(H,26,31). The van der Waals surface area contributed by atoms with Gasteiger partial charge in [-0.3, -0.25) is 19.3 Å². The number of benzene rings is 2. The molecule has 2 N–H and O–H groups in total. The second kappa shape index (κ2) is 10.9. The van der Waals surface area contributed by atoms with Crippen LogP contribution in [0.4, 0.5) is 4.39 Å². The number of carbonyl (C=O) groups is 3. The zero-order valence-corrected chi connectivity index (χ0v) is 17.7. The highest BCUT2D eigenvalue weighted by Crippen LogP contribution is 2.18. The fourth-order valence-corrected chi connectivity index (χ4v) is 3.56. The van der Waals surface area contributed by atoms with Gasteiger partial charge in [0.05, 0.1) is 23.7 Å². The Kier molecular flexibility index (Phi) is 7.97. The van der Waals surface area contributed by atoms with Crippen LogP contribution in [0.1, 0.15) is 15.9 Å². The molecule has 0 atom stereocenters. The quantitative estimate of drug-likeness (QED) is 0.678. The molecule has 1 saturated heterocycles. The summed E-state index contributed by atoms with van der Waals surface area (Å²) < 4.78 is 13.7. The van der Waals surface area contributed by atoms with Crippen LogP contribution in [-0.2, 0) is 16.1 Å². The van der Waals surface area contributed by atoms with Crippen molar-refractivity contribution in [3.05, 3.63) is 70.5 Å². The zero-order valence-electron chi connectivity index (χ0n) is 16.9. The van der Waals surface area contributed by atoms with Gasteiger partial charge in [0.2, 0.25) is 11.8 Å². The van der Waals surface area contributed by atoms with Crippen molar-refractivity contribution in [3.63, 3.8) is 0 Å². The fraction of sp³-hybridized carbons (Fsp3) is 0.318. The summed E-state index contributed by atoms with van der Waals surface area (Å²) in [5, 5.41) is 4.75. The highest BCUT2D eigenvalue weighted by atomic mass is 35.5. The number of halogens is 2. The first-order valence-electron chi connectivity index (χ1n) is 9.97. The average Bonchev–Trinajstić information content (AvgIpc) is 2.77. The van der Waals surface area contributed by atoms with Crippen LogP contribution >= 0.6 is 11.6 Å². The van der Waals surface area contributed by atoms with Crippen molar-refractivity contribution in [2.24, 2.45) is 0 Å². The van der Waals surface area contributed by atoms with Crippen molar-refractivity contribution in [1.82, 2.24) is 20.4 Å². The molecule has 2 aromatic rings. The second-order valence-electron chi connectivity index (χ2n) is 7.20. The fourth-order valence-electron chi connectivity index (χ4n) is 3.31. The summed E-state index contributed by atoms with van der Waals surface area (Å²) in [4.78, 5) is 40.3. The summed E-state index contributed by atoms with van der Waals surface area (Å²) in [6.07, 6.45) is 0. The van der Waals surface area contributed by atoms with Gasteiger partial charge in [0, 0.05) is 32.7 Å². The number of nitrogens with one attached hydrogen (secondary N) is 2. The molecule has 3 amide bonds. The van der Waals surface area contributed by atoms with Gasteiger partial charge in [0.15, 0.2) is 0 Å². The molecule has 31 heavy (non-hydrogen) atoms. The Morgan fingerprint density at radius 3 is 2.29 bits per heavy atom. The van der Waals surface area contributed by atoms with Gasteiger partial charge in [-0.1, -0.05) is 48.0 Å². The van der Waals surface area contributed by atoms with Crippen LogP contribution in [0, 0.1) is 5.82 Å². The van der Waals surface area contributed by atoms with Crippen LogP contribution in [-0.4, -0.2) is 66.8 Å². The van der Waals surface area contributed by atoms with E-state index in [9.17, 15) is 18.8 Å². The number of rotatable bonds is 7. The van der Waals surface area contributed by atoms with E-state index in [1.165, 1.54) is 17.7 Å². The number of piperazine rings is 1. The zero-order chi connectivity index (χ0) is 22.2.